The number of hydrogen-bond acceptors (Lipinski definition) is 2. The van der Waals surface area contributed by atoms with E-state index in [4.69, 9.17) is 5.73 Å². The molecule has 0 atom stereocenters. The molecule has 0 heterocycles. The molecule has 0 unspecified atom stereocenters. The molecular weight excluding hydrogens is 227 g/mol. The first-order chi connectivity index (χ1) is 8.69. The van der Waals surface area contributed by atoms with Crippen LogP contribution in [0.1, 0.15) is 11.1 Å². The van der Waals surface area contributed by atoms with Gasteiger partial charge in [0.05, 0.1) is 0 Å². The highest BCUT2D eigenvalue weighted by molar-refractivity contribution is 5.49. The molecule has 0 amide bonds. The Morgan fingerprint density at radius 1 is 1.06 bits per heavy atom. The van der Waals surface area contributed by atoms with Crippen LogP contribution >= 0.6 is 0 Å². The van der Waals surface area contributed by atoms with Crippen LogP contribution in [-0.2, 0) is 13.1 Å². The van der Waals surface area contributed by atoms with Crippen LogP contribution in [0.2, 0.25) is 0 Å². The van der Waals surface area contributed by atoms with E-state index in [9.17, 15) is 4.39 Å². The van der Waals surface area contributed by atoms with Crippen molar-refractivity contribution in [3.63, 3.8) is 0 Å². The number of halogens is 1. The Bertz CT molecular complexity index is 511. The van der Waals surface area contributed by atoms with Crippen molar-refractivity contribution in [2.45, 2.75) is 13.1 Å². The van der Waals surface area contributed by atoms with E-state index in [1.165, 1.54) is 17.7 Å². The first-order valence-corrected chi connectivity index (χ1v) is 5.93. The molecule has 0 bridgehead atoms. The van der Waals surface area contributed by atoms with Crippen LogP contribution in [0.5, 0.6) is 0 Å². The maximum atomic E-state index is 13.4. The molecule has 0 aliphatic carbocycles. The molecule has 0 aliphatic rings. The van der Waals surface area contributed by atoms with Crippen LogP contribution in [0, 0.1) is 5.82 Å². The summed E-state index contributed by atoms with van der Waals surface area (Å²) < 4.78 is 13.4. The van der Waals surface area contributed by atoms with Crippen molar-refractivity contribution in [3.05, 3.63) is 65.5 Å². The highest BCUT2D eigenvalue weighted by atomic mass is 19.1. The first-order valence-electron chi connectivity index (χ1n) is 5.93. The summed E-state index contributed by atoms with van der Waals surface area (Å²) in [7, 11) is 1.95. The van der Waals surface area contributed by atoms with Gasteiger partial charge in [-0.25, -0.2) is 4.39 Å². The fourth-order valence-electron chi connectivity index (χ4n) is 1.92. The second kappa shape index (κ2) is 5.65. The molecule has 0 radical (unpaired) electrons. The SMILES string of the molecule is CN(Cc1ccccc1)c1cc(F)cc(CN)c1. The lowest BCUT2D eigenvalue weighted by molar-refractivity contribution is 0.624. The van der Waals surface area contributed by atoms with E-state index in [2.05, 4.69) is 12.1 Å². The predicted molar refractivity (Wildman–Crippen MR) is 72.8 cm³/mol. The average molecular weight is 244 g/mol. The number of rotatable bonds is 4. The van der Waals surface area contributed by atoms with E-state index in [1.54, 1.807) is 0 Å². The van der Waals surface area contributed by atoms with Gasteiger partial charge in [0.1, 0.15) is 5.82 Å². The van der Waals surface area contributed by atoms with Gasteiger partial charge in [-0.05, 0) is 29.3 Å². The lowest BCUT2D eigenvalue weighted by atomic mass is 10.1. The maximum absolute atomic E-state index is 13.4. The van der Waals surface area contributed by atoms with Crippen molar-refractivity contribution in [2.24, 2.45) is 5.73 Å². The summed E-state index contributed by atoms with van der Waals surface area (Å²) in [6.45, 7) is 1.10. The summed E-state index contributed by atoms with van der Waals surface area (Å²) in [4.78, 5) is 2.01. The Kier molecular flexibility index (Phi) is 3.95. The molecule has 0 saturated carbocycles. The molecule has 0 spiro atoms. The molecule has 0 aliphatic heterocycles. The number of nitrogens with zero attached hydrogens (tertiary/aromatic N) is 1. The molecule has 94 valence electrons. The molecule has 2 aromatic rings. The normalized spacial score (nSPS) is 10.4. The molecule has 2 aromatic carbocycles. The highest BCUT2D eigenvalue weighted by Gasteiger charge is 2.05. The molecule has 18 heavy (non-hydrogen) atoms. The quantitative estimate of drug-likeness (QED) is 0.896. The second-order valence-electron chi connectivity index (χ2n) is 4.36. The lowest BCUT2D eigenvalue weighted by Crippen LogP contribution is -2.17. The molecule has 3 heteroatoms. The van der Waals surface area contributed by atoms with E-state index in [0.717, 1.165) is 17.8 Å². The van der Waals surface area contributed by atoms with E-state index in [1.807, 2.05) is 36.2 Å². The van der Waals surface area contributed by atoms with E-state index < -0.39 is 0 Å². The Morgan fingerprint density at radius 2 is 1.78 bits per heavy atom. The van der Waals surface area contributed by atoms with E-state index >= 15 is 0 Å². The molecule has 2 N–H and O–H groups in total. The Balaban J connectivity index is 2.18. The zero-order valence-corrected chi connectivity index (χ0v) is 10.4. The molecule has 0 fully saturated rings. The van der Waals surface area contributed by atoms with E-state index in [0.29, 0.717) is 6.54 Å². The van der Waals surface area contributed by atoms with Crippen molar-refractivity contribution in [1.82, 2.24) is 0 Å². The van der Waals surface area contributed by atoms with Crippen molar-refractivity contribution in [3.8, 4) is 0 Å². The van der Waals surface area contributed by atoms with Crippen LogP contribution in [0.15, 0.2) is 48.5 Å². The fraction of sp³-hybridized carbons (Fsp3) is 0.200. The number of benzene rings is 2. The van der Waals surface area contributed by atoms with Crippen LogP contribution in [0.4, 0.5) is 10.1 Å². The van der Waals surface area contributed by atoms with Gasteiger partial charge in [0.2, 0.25) is 0 Å². The highest BCUT2D eigenvalue weighted by Crippen LogP contribution is 2.19. The molecule has 0 saturated heterocycles. The topological polar surface area (TPSA) is 29.3 Å². The third-order valence-electron chi connectivity index (χ3n) is 2.88. The Labute approximate surface area is 107 Å². The average Bonchev–Trinajstić information content (AvgIpc) is 2.39. The molecular formula is C15H17FN2. The van der Waals surface area contributed by atoms with Crippen LogP contribution < -0.4 is 10.6 Å². The van der Waals surface area contributed by atoms with Gasteiger partial charge >= 0.3 is 0 Å². The van der Waals surface area contributed by atoms with Crippen LogP contribution in [-0.4, -0.2) is 7.05 Å². The van der Waals surface area contributed by atoms with Crippen molar-refractivity contribution >= 4 is 5.69 Å². The van der Waals surface area contributed by atoms with Crippen LogP contribution in [0.3, 0.4) is 0 Å². The summed E-state index contributed by atoms with van der Waals surface area (Å²) in [5.41, 5.74) is 8.40. The number of anilines is 1. The van der Waals surface area contributed by atoms with Crippen molar-refractivity contribution in [2.75, 3.05) is 11.9 Å². The van der Waals surface area contributed by atoms with Gasteiger partial charge < -0.3 is 10.6 Å². The zero-order chi connectivity index (χ0) is 13.0. The molecule has 0 aromatic heterocycles. The summed E-state index contributed by atoms with van der Waals surface area (Å²) in [5, 5.41) is 0. The second-order valence-corrected chi connectivity index (χ2v) is 4.36. The van der Waals surface area contributed by atoms with Gasteiger partial charge in [-0.15, -0.1) is 0 Å². The largest absolute Gasteiger partial charge is 0.370 e. The Morgan fingerprint density at radius 3 is 2.44 bits per heavy atom. The van der Waals surface area contributed by atoms with Gasteiger partial charge in [-0.1, -0.05) is 30.3 Å². The van der Waals surface area contributed by atoms with Crippen molar-refractivity contribution < 1.29 is 4.39 Å². The first kappa shape index (κ1) is 12.6. The van der Waals surface area contributed by atoms with Gasteiger partial charge in [0, 0.05) is 25.8 Å². The summed E-state index contributed by atoms with van der Waals surface area (Å²) >= 11 is 0. The molecule has 2 nitrogen and oxygen atoms in total. The fourth-order valence-corrected chi connectivity index (χ4v) is 1.92. The standard InChI is InChI=1S/C15H17FN2/c1-18(11-12-5-3-2-4-6-12)15-8-13(10-17)7-14(16)9-15/h2-9H,10-11,17H2,1H3. The molecule has 2 rings (SSSR count). The monoisotopic (exact) mass is 244 g/mol. The van der Waals surface area contributed by atoms with Crippen molar-refractivity contribution in [1.29, 1.82) is 0 Å². The number of hydrogen-bond donors (Lipinski definition) is 1. The van der Waals surface area contributed by atoms with E-state index in [-0.39, 0.29) is 5.82 Å². The van der Waals surface area contributed by atoms with Crippen LogP contribution in [0.25, 0.3) is 0 Å². The smallest absolute Gasteiger partial charge is 0.125 e. The summed E-state index contributed by atoms with van der Waals surface area (Å²) in [5.74, 6) is -0.243. The minimum atomic E-state index is -0.243. The summed E-state index contributed by atoms with van der Waals surface area (Å²) in [6, 6.07) is 15.0. The Hall–Kier alpha value is -1.87. The van der Waals surface area contributed by atoms with Gasteiger partial charge in [0.25, 0.3) is 0 Å². The minimum absolute atomic E-state index is 0.243. The van der Waals surface area contributed by atoms with Gasteiger partial charge in [-0.2, -0.15) is 0 Å². The summed E-state index contributed by atoms with van der Waals surface area (Å²) in [6.07, 6.45) is 0. The van der Waals surface area contributed by atoms with Gasteiger partial charge in [0.15, 0.2) is 0 Å². The lowest BCUT2D eigenvalue weighted by Gasteiger charge is -2.20. The maximum Gasteiger partial charge on any atom is 0.125 e. The minimum Gasteiger partial charge on any atom is -0.370 e. The third kappa shape index (κ3) is 3.08. The zero-order valence-electron chi connectivity index (χ0n) is 10.4. The number of nitrogens with two attached hydrogens (primary N) is 1. The third-order valence-corrected chi connectivity index (χ3v) is 2.88. The van der Waals surface area contributed by atoms with Gasteiger partial charge in [-0.3, -0.25) is 0 Å². The predicted octanol–water partition coefficient (Wildman–Crippen LogP) is 2.92.